The average molecular weight is 415 g/mol. The molecule has 0 aliphatic carbocycles. The van der Waals surface area contributed by atoms with Crippen molar-refractivity contribution in [2.24, 2.45) is 5.10 Å². The highest BCUT2D eigenvalue weighted by Crippen LogP contribution is 2.26. The summed E-state index contributed by atoms with van der Waals surface area (Å²) in [5.74, 6) is -0.262. The molecule has 3 rings (SSSR count). The van der Waals surface area contributed by atoms with Crippen LogP contribution in [0.15, 0.2) is 47.6 Å². The third-order valence-corrected chi connectivity index (χ3v) is 5.19. The fourth-order valence-electron chi connectivity index (χ4n) is 2.81. The Morgan fingerprint density at radius 2 is 1.75 bits per heavy atom. The van der Waals surface area contributed by atoms with Crippen molar-refractivity contribution in [2.45, 2.75) is 27.3 Å². The number of hydrogen-bond donors (Lipinski definition) is 1. The highest BCUT2D eigenvalue weighted by Gasteiger charge is 2.13. The smallest absolute Gasteiger partial charge is 0.267 e. The van der Waals surface area contributed by atoms with Crippen LogP contribution >= 0.6 is 23.2 Å². The lowest BCUT2D eigenvalue weighted by Gasteiger charge is -2.08. The first-order valence-corrected chi connectivity index (χ1v) is 9.49. The molecule has 0 unspecified atom stereocenters. The minimum Gasteiger partial charge on any atom is -0.267 e. The maximum absolute atomic E-state index is 12.2. The molecule has 144 valence electrons. The van der Waals surface area contributed by atoms with Crippen molar-refractivity contribution < 1.29 is 4.79 Å². The summed E-state index contributed by atoms with van der Waals surface area (Å²) in [7, 11) is 0. The highest BCUT2D eigenvalue weighted by atomic mass is 35.5. The van der Waals surface area contributed by atoms with Crippen LogP contribution in [0.5, 0.6) is 0 Å². The number of amides is 1. The van der Waals surface area contributed by atoms with Gasteiger partial charge in [-0.25, -0.2) is 5.43 Å². The summed E-state index contributed by atoms with van der Waals surface area (Å²) in [6.45, 7) is 6.25. The number of hydrogen-bond acceptors (Lipinski definition) is 3. The van der Waals surface area contributed by atoms with Gasteiger partial charge in [0.25, 0.3) is 5.91 Å². The van der Waals surface area contributed by atoms with Crippen LogP contribution < -0.4 is 5.43 Å². The first-order valence-electron chi connectivity index (χ1n) is 8.73. The van der Waals surface area contributed by atoms with Gasteiger partial charge in [0.1, 0.15) is 0 Å². The maximum Gasteiger partial charge on any atom is 0.271 e. The van der Waals surface area contributed by atoms with Crippen LogP contribution in [0.2, 0.25) is 10.0 Å². The lowest BCUT2D eigenvalue weighted by atomic mass is 10.1. The molecule has 0 saturated carbocycles. The molecular formula is C21H20Cl2N4O. The van der Waals surface area contributed by atoms with Crippen LogP contribution in [0.3, 0.4) is 0 Å². The standard InChI is InChI=1S/C21H20Cl2N4O/c1-13-7-9-16(10-8-13)21(28)25-24-11-17-14(2)26-27(15(17)3)12-18-19(22)5-4-6-20(18)23/h4-11H,12H2,1-3H3,(H,25,28)/b24-11-. The normalized spacial score (nSPS) is 11.2. The van der Waals surface area contributed by atoms with E-state index < -0.39 is 0 Å². The van der Waals surface area contributed by atoms with Crippen LogP contribution in [0.1, 0.15) is 38.4 Å². The monoisotopic (exact) mass is 414 g/mol. The lowest BCUT2D eigenvalue weighted by molar-refractivity contribution is 0.0955. The largest absolute Gasteiger partial charge is 0.271 e. The Morgan fingerprint density at radius 3 is 2.39 bits per heavy atom. The molecule has 0 atom stereocenters. The minimum absolute atomic E-state index is 0.262. The van der Waals surface area contributed by atoms with E-state index >= 15 is 0 Å². The quantitative estimate of drug-likeness (QED) is 0.475. The molecule has 1 aromatic heterocycles. The number of nitrogens with one attached hydrogen (secondary N) is 1. The van der Waals surface area contributed by atoms with Gasteiger partial charge in [0.15, 0.2) is 0 Å². The van der Waals surface area contributed by atoms with E-state index in [4.69, 9.17) is 23.2 Å². The Bertz CT molecular complexity index is 1020. The average Bonchev–Trinajstić information content (AvgIpc) is 2.92. The number of rotatable bonds is 5. The van der Waals surface area contributed by atoms with E-state index in [1.54, 1.807) is 30.5 Å². The van der Waals surface area contributed by atoms with E-state index in [1.807, 2.05) is 43.7 Å². The number of carbonyl (C=O) groups is 1. The zero-order chi connectivity index (χ0) is 20.3. The van der Waals surface area contributed by atoms with Gasteiger partial charge in [-0.2, -0.15) is 10.2 Å². The fourth-order valence-corrected chi connectivity index (χ4v) is 3.33. The zero-order valence-electron chi connectivity index (χ0n) is 15.8. The molecule has 0 aliphatic rings. The number of aryl methyl sites for hydroxylation is 2. The first-order chi connectivity index (χ1) is 13.4. The molecular weight excluding hydrogens is 395 g/mol. The van der Waals surface area contributed by atoms with Crippen molar-refractivity contribution in [1.82, 2.24) is 15.2 Å². The van der Waals surface area contributed by atoms with E-state index in [0.717, 1.165) is 28.1 Å². The number of halogens is 2. The maximum atomic E-state index is 12.2. The molecule has 2 aromatic carbocycles. The van der Waals surface area contributed by atoms with E-state index in [0.29, 0.717) is 22.2 Å². The predicted molar refractivity (Wildman–Crippen MR) is 114 cm³/mol. The Balaban J connectivity index is 1.75. The van der Waals surface area contributed by atoms with Crippen molar-refractivity contribution in [3.63, 3.8) is 0 Å². The van der Waals surface area contributed by atoms with Crippen LogP contribution in [0.4, 0.5) is 0 Å². The second-order valence-electron chi connectivity index (χ2n) is 6.51. The van der Waals surface area contributed by atoms with Gasteiger partial charge in [0.2, 0.25) is 0 Å². The third-order valence-electron chi connectivity index (χ3n) is 4.48. The third kappa shape index (κ3) is 4.43. The minimum atomic E-state index is -0.262. The number of carbonyl (C=O) groups excluding carboxylic acids is 1. The molecule has 3 aromatic rings. The molecule has 1 N–H and O–H groups in total. The molecule has 0 bridgehead atoms. The Morgan fingerprint density at radius 1 is 1.11 bits per heavy atom. The molecule has 28 heavy (non-hydrogen) atoms. The van der Waals surface area contributed by atoms with Crippen molar-refractivity contribution in [2.75, 3.05) is 0 Å². The summed E-state index contributed by atoms with van der Waals surface area (Å²) in [6.07, 6.45) is 1.61. The summed E-state index contributed by atoms with van der Waals surface area (Å²) in [6, 6.07) is 12.7. The van der Waals surface area contributed by atoms with Gasteiger partial charge in [-0.15, -0.1) is 0 Å². The Kier molecular flexibility index (Phi) is 6.17. The van der Waals surface area contributed by atoms with Crippen LogP contribution in [0, 0.1) is 20.8 Å². The van der Waals surface area contributed by atoms with Gasteiger partial charge < -0.3 is 0 Å². The van der Waals surface area contributed by atoms with Gasteiger partial charge in [-0.3, -0.25) is 9.48 Å². The van der Waals surface area contributed by atoms with Gasteiger partial charge >= 0.3 is 0 Å². The van der Waals surface area contributed by atoms with Crippen molar-refractivity contribution in [1.29, 1.82) is 0 Å². The van der Waals surface area contributed by atoms with E-state index in [-0.39, 0.29) is 5.91 Å². The molecule has 1 amide bonds. The number of benzene rings is 2. The van der Waals surface area contributed by atoms with Crippen molar-refractivity contribution >= 4 is 35.3 Å². The topological polar surface area (TPSA) is 59.3 Å². The van der Waals surface area contributed by atoms with E-state index in [9.17, 15) is 4.79 Å². The molecule has 0 radical (unpaired) electrons. The molecule has 0 aliphatic heterocycles. The SMILES string of the molecule is Cc1ccc(C(=O)N/N=C\c2c(C)nn(Cc3c(Cl)cccc3Cl)c2C)cc1. The Hall–Kier alpha value is -2.63. The fraction of sp³-hybridized carbons (Fsp3) is 0.190. The van der Waals surface area contributed by atoms with Gasteiger partial charge in [-0.05, 0) is 45.0 Å². The molecule has 0 spiro atoms. The second kappa shape index (κ2) is 8.59. The molecule has 1 heterocycles. The summed E-state index contributed by atoms with van der Waals surface area (Å²) in [4.78, 5) is 12.2. The van der Waals surface area contributed by atoms with E-state index in [2.05, 4.69) is 15.6 Å². The number of hydrazone groups is 1. The second-order valence-corrected chi connectivity index (χ2v) is 7.32. The molecule has 5 nitrogen and oxygen atoms in total. The highest BCUT2D eigenvalue weighted by molar-refractivity contribution is 6.35. The van der Waals surface area contributed by atoms with Gasteiger partial charge in [0, 0.05) is 32.4 Å². The van der Waals surface area contributed by atoms with Gasteiger partial charge in [0.05, 0.1) is 18.5 Å². The van der Waals surface area contributed by atoms with Gasteiger partial charge in [-0.1, -0.05) is 47.0 Å². The Labute approximate surface area is 174 Å². The summed E-state index contributed by atoms with van der Waals surface area (Å²) in [5, 5.41) is 9.83. The molecule has 0 saturated heterocycles. The van der Waals surface area contributed by atoms with Crippen molar-refractivity contribution in [3.05, 3.63) is 86.2 Å². The lowest BCUT2D eigenvalue weighted by Crippen LogP contribution is -2.17. The van der Waals surface area contributed by atoms with E-state index in [1.165, 1.54) is 0 Å². The number of aromatic nitrogens is 2. The van der Waals surface area contributed by atoms with Crippen LogP contribution in [-0.2, 0) is 6.54 Å². The molecule has 7 heteroatoms. The zero-order valence-corrected chi connectivity index (χ0v) is 17.3. The van der Waals surface area contributed by atoms with Crippen LogP contribution in [-0.4, -0.2) is 21.9 Å². The van der Waals surface area contributed by atoms with Crippen molar-refractivity contribution in [3.8, 4) is 0 Å². The first kappa shape index (κ1) is 20.1. The van der Waals surface area contributed by atoms with Crippen LogP contribution in [0.25, 0.3) is 0 Å². The molecule has 0 fully saturated rings. The summed E-state index contributed by atoms with van der Waals surface area (Å²) in [5.41, 5.74) is 7.56. The summed E-state index contributed by atoms with van der Waals surface area (Å²) >= 11 is 12.5. The predicted octanol–water partition coefficient (Wildman–Crippen LogP) is 4.93. The number of nitrogens with zero attached hydrogens (tertiary/aromatic N) is 3. The summed E-state index contributed by atoms with van der Waals surface area (Å²) < 4.78 is 1.82.